The zero-order valence-electron chi connectivity index (χ0n) is 15.3. The van der Waals surface area contributed by atoms with Crippen LogP contribution in [0.25, 0.3) is 0 Å². The topological polar surface area (TPSA) is 88.7 Å². The molecular weight excluding hydrogens is 316 g/mol. The number of nitrogens with zero attached hydrogens (tertiary/aromatic N) is 1. The van der Waals surface area contributed by atoms with Gasteiger partial charge >= 0.3 is 0 Å². The molecule has 1 aromatic carbocycles. The Kier molecular flexibility index (Phi) is 7.10. The first-order valence-electron chi connectivity index (χ1n) is 9.09. The zero-order chi connectivity index (χ0) is 18.1. The Bertz CT molecular complexity index is 591. The van der Waals surface area contributed by atoms with Crippen molar-refractivity contribution in [1.29, 1.82) is 0 Å². The largest absolute Gasteiger partial charge is 0.484 e. The van der Waals surface area contributed by atoms with E-state index in [0.717, 1.165) is 24.6 Å². The highest BCUT2D eigenvalue weighted by Gasteiger charge is 2.34. The second-order valence-electron chi connectivity index (χ2n) is 6.66. The number of guanidine groups is 1. The minimum Gasteiger partial charge on any atom is -0.484 e. The maximum atomic E-state index is 10.8. The van der Waals surface area contributed by atoms with E-state index in [1.54, 1.807) is 6.07 Å². The lowest BCUT2D eigenvalue weighted by Gasteiger charge is -2.41. The molecule has 1 saturated carbocycles. The molecule has 0 atom stereocenters. The number of benzene rings is 1. The summed E-state index contributed by atoms with van der Waals surface area (Å²) in [6.45, 7) is 6.55. The fourth-order valence-electron chi connectivity index (χ4n) is 3.00. The van der Waals surface area contributed by atoms with Gasteiger partial charge < -0.3 is 21.1 Å². The Morgan fingerprint density at radius 2 is 2.12 bits per heavy atom. The van der Waals surface area contributed by atoms with Gasteiger partial charge in [0.1, 0.15) is 5.75 Å². The number of rotatable bonds is 9. The third-order valence-corrected chi connectivity index (χ3v) is 4.84. The van der Waals surface area contributed by atoms with Crippen LogP contribution in [0.3, 0.4) is 0 Å². The Balaban J connectivity index is 1.93. The summed E-state index contributed by atoms with van der Waals surface area (Å²) < 4.78 is 5.34. The van der Waals surface area contributed by atoms with Gasteiger partial charge in [0.2, 0.25) is 0 Å². The smallest absolute Gasteiger partial charge is 0.255 e. The second-order valence-corrected chi connectivity index (χ2v) is 6.66. The number of aliphatic imine (C=N–C) groups is 1. The van der Waals surface area contributed by atoms with Crippen LogP contribution >= 0.6 is 0 Å². The Morgan fingerprint density at radius 1 is 1.32 bits per heavy atom. The van der Waals surface area contributed by atoms with Crippen molar-refractivity contribution in [3.8, 4) is 5.75 Å². The minimum atomic E-state index is -0.483. The van der Waals surface area contributed by atoms with Crippen LogP contribution in [0.15, 0.2) is 29.3 Å². The van der Waals surface area contributed by atoms with Gasteiger partial charge in [-0.3, -0.25) is 4.79 Å². The van der Waals surface area contributed by atoms with Gasteiger partial charge in [-0.25, -0.2) is 4.99 Å². The molecule has 6 nitrogen and oxygen atoms in total. The van der Waals surface area contributed by atoms with Crippen LogP contribution in [0, 0.1) is 5.41 Å². The summed E-state index contributed by atoms with van der Waals surface area (Å²) in [4.78, 5) is 15.5. The minimum absolute atomic E-state index is 0.115. The third kappa shape index (κ3) is 5.96. The van der Waals surface area contributed by atoms with Crippen molar-refractivity contribution in [1.82, 2.24) is 10.6 Å². The number of primary amides is 1. The van der Waals surface area contributed by atoms with Gasteiger partial charge in [-0.1, -0.05) is 25.5 Å². The van der Waals surface area contributed by atoms with E-state index in [-0.39, 0.29) is 6.61 Å². The molecule has 0 heterocycles. The van der Waals surface area contributed by atoms with E-state index in [4.69, 9.17) is 10.5 Å². The van der Waals surface area contributed by atoms with Crippen molar-refractivity contribution in [3.05, 3.63) is 29.8 Å². The van der Waals surface area contributed by atoms with Gasteiger partial charge in [-0.2, -0.15) is 0 Å². The quantitative estimate of drug-likeness (QED) is 0.472. The summed E-state index contributed by atoms with van der Waals surface area (Å²) in [6.07, 6.45) is 5.14. The fraction of sp³-hybridized carbons (Fsp3) is 0.579. The lowest BCUT2D eigenvalue weighted by molar-refractivity contribution is -0.119. The molecule has 6 heteroatoms. The van der Waals surface area contributed by atoms with Gasteiger partial charge in [0.15, 0.2) is 12.6 Å². The summed E-state index contributed by atoms with van der Waals surface area (Å²) in [5.41, 5.74) is 6.57. The summed E-state index contributed by atoms with van der Waals surface area (Å²) in [5.74, 6) is 0.984. The first-order valence-corrected chi connectivity index (χ1v) is 9.09. The van der Waals surface area contributed by atoms with Gasteiger partial charge in [-0.05, 0) is 49.3 Å². The molecule has 138 valence electrons. The third-order valence-electron chi connectivity index (χ3n) is 4.84. The molecule has 1 amide bonds. The molecule has 1 aromatic rings. The Labute approximate surface area is 150 Å². The summed E-state index contributed by atoms with van der Waals surface area (Å²) in [5, 5.41) is 6.78. The highest BCUT2D eigenvalue weighted by Crippen LogP contribution is 2.42. The molecule has 25 heavy (non-hydrogen) atoms. The van der Waals surface area contributed by atoms with E-state index in [1.807, 2.05) is 18.2 Å². The number of carbonyl (C=O) groups is 1. The molecular formula is C19H30N4O2. The summed E-state index contributed by atoms with van der Waals surface area (Å²) >= 11 is 0. The van der Waals surface area contributed by atoms with Crippen LogP contribution in [0.4, 0.5) is 0 Å². The van der Waals surface area contributed by atoms with Crippen molar-refractivity contribution in [3.63, 3.8) is 0 Å². The highest BCUT2D eigenvalue weighted by molar-refractivity contribution is 5.79. The first kappa shape index (κ1) is 19.1. The van der Waals surface area contributed by atoms with Crippen LogP contribution < -0.4 is 21.1 Å². The van der Waals surface area contributed by atoms with E-state index < -0.39 is 5.91 Å². The number of amides is 1. The fourth-order valence-corrected chi connectivity index (χ4v) is 3.00. The second kappa shape index (κ2) is 9.30. The molecule has 0 radical (unpaired) electrons. The number of nitrogens with two attached hydrogens (primary N) is 1. The lowest BCUT2D eigenvalue weighted by atomic mass is 9.67. The molecule has 0 aliphatic heterocycles. The number of carbonyl (C=O) groups excluding carboxylic acids is 1. The SMILES string of the molecule is CCNC(=NCc1cccc(OCC(N)=O)c1)NCC1(CC)CCC1. The van der Waals surface area contributed by atoms with E-state index >= 15 is 0 Å². The molecule has 1 aliphatic rings. The molecule has 1 fully saturated rings. The molecule has 2 rings (SSSR count). The van der Waals surface area contributed by atoms with Crippen LogP contribution in [0.1, 0.15) is 45.1 Å². The summed E-state index contributed by atoms with van der Waals surface area (Å²) in [6, 6.07) is 7.57. The first-order chi connectivity index (χ1) is 12.1. The van der Waals surface area contributed by atoms with E-state index in [9.17, 15) is 4.79 Å². The van der Waals surface area contributed by atoms with Crippen molar-refractivity contribution in [2.75, 3.05) is 19.7 Å². The van der Waals surface area contributed by atoms with E-state index in [0.29, 0.717) is 17.7 Å². The normalized spacial score (nSPS) is 16.0. The molecule has 1 aliphatic carbocycles. The van der Waals surface area contributed by atoms with Gasteiger partial charge in [0, 0.05) is 13.1 Å². The molecule has 0 unspecified atom stereocenters. The van der Waals surface area contributed by atoms with Crippen LogP contribution in [0.2, 0.25) is 0 Å². The monoisotopic (exact) mass is 346 g/mol. The van der Waals surface area contributed by atoms with Crippen molar-refractivity contribution >= 4 is 11.9 Å². The number of nitrogens with one attached hydrogen (secondary N) is 2. The van der Waals surface area contributed by atoms with E-state index in [2.05, 4.69) is 29.5 Å². The maximum Gasteiger partial charge on any atom is 0.255 e. The standard InChI is InChI=1S/C19H30N4O2/c1-3-19(9-6-10-19)14-23-18(21-4-2)22-12-15-7-5-8-16(11-15)25-13-17(20)24/h5,7-8,11H,3-4,6,9-10,12-14H2,1-2H3,(H2,20,24)(H2,21,22,23). The average molecular weight is 346 g/mol. The Hall–Kier alpha value is -2.24. The van der Waals surface area contributed by atoms with Gasteiger partial charge in [-0.15, -0.1) is 0 Å². The highest BCUT2D eigenvalue weighted by atomic mass is 16.5. The number of hydrogen-bond acceptors (Lipinski definition) is 3. The van der Waals surface area contributed by atoms with Gasteiger partial charge in [0.05, 0.1) is 6.54 Å². The number of ether oxygens (including phenoxy) is 1. The average Bonchev–Trinajstić information content (AvgIpc) is 2.57. The van der Waals surface area contributed by atoms with Gasteiger partial charge in [0.25, 0.3) is 5.91 Å². The predicted molar refractivity (Wildman–Crippen MR) is 101 cm³/mol. The number of hydrogen-bond donors (Lipinski definition) is 3. The van der Waals surface area contributed by atoms with Crippen LogP contribution in [-0.4, -0.2) is 31.6 Å². The molecule has 4 N–H and O–H groups in total. The molecule has 0 aromatic heterocycles. The molecule has 0 bridgehead atoms. The maximum absolute atomic E-state index is 10.8. The predicted octanol–water partition coefficient (Wildman–Crippen LogP) is 2.19. The van der Waals surface area contributed by atoms with Crippen molar-refractivity contribution in [2.45, 2.75) is 46.1 Å². The van der Waals surface area contributed by atoms with Crippen LogP contribution in [-0.2, 0) is 11.3 Å². The lowest BCUT2D eigenvalue weighted by Crippen LogP contribution is -2.46. The van der Waals surface area contributed by atoms with E-state index in [1.165, 1.54) is 25.7 Å². The van der Waals surface area contributed by atoms with Crippen molar-refractivity contribution in [2.24, 2.45) is 16.1 Å². The van der Waals surface area contributed by atoms with Crippen LogP contribution in [0.5, 0.6) is 5.75 Å². The summed E-state index contributed by atoms with van der Waals surface area (Å²) in [7, 11) is 0. The molecule has 0 saturated heterocycles. The zero-order valence-corrected chi connectivity index (χ0v) is 15.3. The Morgan fingerprint density at radius 3 is 2.72 bits per heavy atom. The molecule has 0 spiro atoms. The van der Waals surface area contributed by atoms with Crippen molar-refractivity contribution < 1.29 is 9.53 Å².